The second-order valence-electron chi connectivity index (χ2n) is 6.07. The first-order valence-corrected chi connectivity index (χ1v) is 7.60. The monoisotopic (exact) mass is 277 g/mol. The van der Waals surface area contributed by atoms with Crippen molar-refractivity contribution in [2.24, 2.45) is 5.92 Å². The smallest absolute Gasteiger partial charge is 0.128 e. The number of aromatic nitrogens is 1. The zero-order valence-corrected chi connectivity index (χ0v) is 13.1. The standard InChI is InChI=1S/C16H27N3O/c1-12(2)9-17-10-15-5-6-16(18-14(15)4)19-7-8-20-13(3)11-19/h5-6,12-13,17H,7-11H2,1-4H3. The quantitative estimate of drug-likeness (QED) is 0.896. The van der Waals surface area contributed by atoms with Crippen LogP contribution >= 0.6 is 0 Å². The van der Waals surface area contributed by atoms with Crippen LogP contribution in [0.5, 0.6) is 0 Å². The fraction of sp³-hybridized carbons (Fsp3) is 0.688. The highest BCUT2D eigenvalue weighted by atomic mass is 16.5. The summed E-state index contributed by atoms with van der Waals surface area (Å²) < 4.78 is 5.58. The van der Waals surface area contributed by atoms with Crippen LogP contribution in [0.2, 0.25) is 0 Å². The third-order valence-electron chi connectivity index (χ3n) is 3.61. The maximum Gasteiger partial charge on any atom is 0.128 e. The lowest BCUT2D eigenvalue weighted by Crippen LogP contribution is -2.41. The Kier molecular flexibility index (Phi) is 5.38. The number of pyridine rings is 1. The van der Waals surface area contributed by atoms with Crippen LogP contribution in [0.4, 0.5) is 5.82 Å². The second kappa shape index (κ2) is 7.04. The molecule has 0 aliphatic carbocycles. The number of morpholine rings is 1. The molecule has 1 N–H and O–H groups in total. The van der Waals surface area contributed by atoms with Crippen LogP contribution in [-0.2, 0) is 11.3 Å². The molecule has 1 unspecified atom stereocenters. The van der Waals surface area contributed by atoms with Gasteiger partial charge in [-0.3, -0.25) is 0 Å². The predicted octanol–water partition coefficient (Wildman–Crippen LogP) is 2.36. The van der Waals surface area contributed by atoms with Gasteiger partial charge in [-0.05, 0) is 37.9 Å². The lowest BCUT2D eigenvalue weighted by atomic mass is 10.1. The van der Waals surface area contributed by atoms with Crippen LogP contribution in [0, 0.1) is 12.8 Å². The molecule has 2 rings (SSSR count). The molecule has 1 saturated heterocycles. The van der Waals surface area contributed by atoms with Crippen molar-refractivity contribution in [2.75, 3.05) is 31.1 Å². The van der Waals surface area contributed by atoms with E-state index in [0.29, 0.717) is 12.0 Å². The predicted molar refractivity (Wildman–Crippen MR) is 83.1 cm³/mol. The van der Waals surface area contributed by atoms with Crippen molar-refractivity contribution in [1.82, 2.24) is 10.3 Å². The first-order chi connectivity index (χ1) is 9.56. The zero-order valence-electron chi connectivity index (χ0n) is 13.1. The highest BCUT2D eigenvalue weighted by Gasteiger charge is 2.18. The average Bonchev–Trinajstić information content (AvgIpc) is 2.40. The normalized spacial score (nSPS) is 19.6. The molecule has 1 aromatic rings. The van der Waals surface area contributed by atoms with Crippen molar-refractivity contribution in [2.45, 2.75) is 40.3 Å². The molecular weight excluding hydrogens is 250 g/mol. The van der Waals surface area contributed by atoms with Crippen molar-refractivity contribution in [3.8, 4) is 0 Å². The molecule has 1 aliphatic heterocycles. The van der Waals surface area contributed by atoms with Crippen molar-refractivity contribution >= 4 is 5.82 Å². The van der Waals surface area contributed by atoms with E-state index in [1.54, 1.807) is 0 Å². The zero-order chi connectivity index (χ0) is 14.5. The molecule has 4 heteroatoms. The minimum absolute atomic E-state index is 0.290. The van der Waals surface area contributed by atoms with Gasteiger partial charge in [0.2, 0.25) is 0 Å². The summed E-state index contributed by atoms with van der Waals surface area (Å²) in [6.07, 6.45) is 0.290. The molecule has 0 radical (unpaired) electrons. The van der Waals surface area contributed by atoms with E-state index in [9.17, 15) is 0 Å². The van der Waals surface area contributed by atoms with E-state index in [-0.39, 0.29) is 0 Å². The molecule has 0 spiro atoms. The molecule has 0 aromatic carbocycles. The van der Waals surface area contributed by atoms with E-state index >= 15 is 0 Å². The van der Waals surface area contributed by atoms with Crippen LogP contribution < -0.4 is 10.2 Å². The lowest BCUT2D eigenvalue weighted by Gasteiger charge is -2.32. The van der Waals surface area contributed by atoms with E-state index in [2.05, 4.69) is 50.0 Å². The number of hydrogen-bond acceptors (Lipinski definition) is 4. The number of rotatable bonds is 5. The van der Waals surface area contributed by atoms with Crippen LogP contribution in [0.3, 0.4) is 0 Å². The summed E-state index contributed by atoms with van der Waals surface area (Å²) in [4.78, 5) is 7.07. The van der Waals surface area contributed by atoms with Gasteiger partial charge in [0, 0.05) is 25.3 Å². The highest BCUT2D eigenvalue weighted by Crippen LogP contribution is 2.17. The number of aryl methyl sites for hydroxylation is 1. The molecule has 1 atom stereocenters. The fourth-order valence-corrected chi connectivity index (χ4v) is 2.46. The average molecular weight is 277 g/mol. The molecular formula is C16H27N3O. The molecule has 1 fully saturated rings. The molecule has 1 aliphatic rings. The summed E-state index contributed by atoms with van der Waals surface area (Å²) in [6, 6.07) is 4.34. The van der Waals surface area contributed by atoms with Gasteiger partial charge in [-0.2, -0.15) is 0 Å². The van der Waals surface area contributed by atoms with E-state index in [1.807, 2.05) is 0 Å². The SMILES string of the molecule is Cc1nc(N2CCOC(C)C2)ccc1CNCC(C)C. The van der Waals surface area contributed by atoms with Crippen molar-refractivity contribution in [1.29, 1.82) is 0 Å². The first kappa shape index (κ1) is 15.3. The van der Waals surface area contributed by atoms with Crippen molar-refractivity contribution in [3.05, 3.63) is 23.4 Å². The number of anilines is 1. The summed E-state index contributed by atoms with van der Waals surface area (Å²) in [6.45, 7) is 13.3. The van der Waals surface area contributed by atoms with Crippen LogP contribution in [-0.4, -0.2) is 37.3 Å². The summed E-state index contributed by atoms with van der Waals surface area (Å²) in [5.41, 5.74) is 2.41. The first-order valence-electron chi connectivity index (χ1n) is 7.60. The van der Waals surface area contributed by atoms with Gasteiger partial charge in [-0.15, -0.1) is 0 Å². The van der Waals surface area contributed by atoms with E-state index in [1.165, 1.54) is 5.56 Å². The number of hydrogen-bond donors (Lipinski definition) is 1. The van der Waals surface area contributed by atoms with Gasteiger partial charge in [-0.25, -0.2) is 4.98 Å². The number of ether oxygens (including phenoxy) is 1. The van der Waals surface area contributed by atoms with Gasteiger partial charge in [-0.1, -0.05) is 19.9 Å². The molecule has 0 bridgehead atoms. The number of nitrogens with one attached hydrogen (secondary N) is 1. The van der Waals surface area contributed by atoms with Crippen molar-refractivity contribution in [3.63, 3.8) is 0 Å². The maximum absolute atomic E-state index is 5.58. The van der Waals surface area contributed by atoms with E-state index < -0.39 is 0 Å². The Hall–Kier alpha value is -1.13. The topological polar surface area (TPSA) is 37.4 Å². The Bertz CT molecular complexity index is 434. The second-order valence-corrected chi connectivity index (χ2v) is 6.07. The molecule has 2 heterocycles. The Morgan fingerprint density at radius 1 is 1.45 bits per heavy atom. The molecule has 0 saturated carbocycles. The third kappa shape index (κ3) is 4.18. The van der Waals surface area contributed by atoms with E-state index in [4.69, 9.17) is 9.72 Å². The molecule has 112 valence electrons. The largest absolute Gasteiger partial charge is 0.375 e. The van der Waals surface area contributed by atoms with Crippen LogP contribution in [0.15, 0.2) is 12.1 Å². The summed E-state index contributed by atoms with van der Waals surface area (Å²) in [5.74, 6) is 1.75. The summed E-state index contributed by atoms with van der Waals surface area (Å²) in [5, 5.41) is 3.47. The van der Waals surface area contributed by atoms with Crippen molar-refractivity contribution < 1.29 is 4.74 Å². The van der Waals surface area contributed by atoms with Gasteiger partial charge >= 0.3 is 0 Å². The Balaban J connectivity index is 1.98. The molecule has 1 aromatic heterocycles. The Labute approximate surface area is 122 Å². The van der Waals surface area contributed by atoms with Gasteiger partial charge < -0.3 is 15.0 Å². The van der Waals surface area contributed by atoms with Crippen LogP contribution in [0.25, 0.3) is 0 Å². The minimum Gasteiger partial charge on any atom is -0.375 e. The van der Waals surface area contributed by atoms with Crippen LogP contribution in [0.1, 0.15) is 32.0 Å². The number of nitrogens with zero attached hydrogens (tertiary/aromatic N) is 2. The van der Waals surface area contributed by atoms with Gasteiger partial charge in [0.05, 0.1) is 12.7 Å². The van der Waals surface area contributed by atoms with Gasteiger partial charge in [0.1, 0.15) is 5.82 Å². The van der Waals surface area contributed by atoms with Gasteiger partial charge in [0.15, 0.2) is 0 Å². The lowest BCUT2D eigenvalue weighted by molar-refractivity contribution is 0.0529. The fourth-order valence-electron chi connectivity index (χ4n) is 2.46. The molecule has 0 amide bonds. The maximum atomic E-state index is 5.58. The Morgan fingerprint density at radius 2 is 2.25 bits per heavy atom. The summed E-state index contributed by atoms with van der Waals surface area (Å²) in [7, 11) is 0. The van der Waals surface area contributed by atoms with Gasteiger partial charge in [0.25, 0.3) is 0 Å². The molecule has 20 heavy (non-hydrogen) atoms. The highest BCUT2D eigenvalue weighted by molar-refractivity contribution is 5.42. The molecule has 4 nitrogen and oxygen atoms in total. The third-order valence-corrected chi connectivity index (χ3v) is 3.61. The Morgan fingerprint density at radius 3 is 2.90 bits per heavy atom. The minimum atomic E-state index is 0.290. The summed E-state index contributed by atoms with van der Waals surface area (Å²) >= 11 is 0. The van der Waals surface area contributed by atoms with E-state index in [0.717, 1.165) is 44.3 Å².